The van der Waals surface area contributed by atoms with Crippen LogP contribution in [0.3, 0.4) is 0 Å². The molecular formula is C15H15N3O2S. The lowest BCUT2D eigenvalue weighted by Gasteiger charge is -2.06. The van der Waals surface area contributed by atoms with Gasteiger partial charge in [0.1, 0.15) is 0 Å². The minimum Gasteiger partial charge on any atom is -0.454 e. The highest BCUT2D eigenvalue weighted by atomic mass is 32.1. The number of nitrogens with one attached hydrogen (secondary N) is 1. The number of ether oxygens (including phenoxy) is 2. The summed E-state index contributed by atoms with van der Waals surface area (Å²) in [5, 5.41) is 5.52. The summed E-state index contributed by atoms with van der Waals surface area (Å²) in [6.07, 6.45) is 2.07. The molecule has 1 aliphatic rings. The average molecular weight is 301 g/mol. The van der Waals surface area contributed by atoms with Gasteiger partial charge in [0, 0.05) is 24.7 Å². The first-order valence-electron chi connectivity index (χ1n) is 6.81. The van der Waals surface area contributed by atoms with Crippen LogP contribution in [0.4, 0.5) is 0 Å². The number of hydrogen-bond donors (Lipinski definition) is 1. The van der Waals surface area contributed by atoms with Gasteiger partial charge in [-0.15, -0.1) is 11.3 Å². The lowest BCUT2D eigenvalue weighted by molar-refractivity contribution is 0.174. The van der Waals surface area contributed by atoms with Crippen LogP contribution in [-0.4, -0.2) is 16.2 Å². The molecule has 1 aromatic carbocycles. The van der Waals surface area contributed by atoms with E-state index in [1.54, 1.807) is 11.3 Å². The third kappa shape index (κ3) is 2.26. The summed E-state index contributed by atoms with van der Waals surface area (Å²) in [6.45, 7) is 3.94. The Morgan fingerprint density at radius 3 is 3.14 bits per heavy atom. The van der Waals surface area contributed by atoms with Gasteiger partial charge in [-0.05, 0) is 24.6 Å². The molecule has 21 heavy (non-hydrogen) atoms. The molecule has 0 saturated carbocycles. The molecule has 108 valence electrons. The molecule has 0 saturated heterocycles. The third-order valence-electron chi connectivity index (χ3n) is 3.62. The van der Waals surface area contributed by atoms with E-state index < -0.39 is 0 Å². The van der Waals surface area contributed by atoms with Crippen molar-refractivity contribution in [1.29, 1.82) is 0 Å². The van der Waals surface area contributed by atoms with Crippen molar-refractivity contribution in [1.82, 2.24) is 14.7 Å². The SMILES string of the molecule is Cc1nc2sccn2c1CNCc1ccc2c(c1)OCO2. The average Bonchev–Trinajstić information content (AvgIpc) is 3.16. The molecule has 0 spiro atoms. The number of aromatic nitrogens is 2. The zero-order valence-corrected chi connectivity index (χ0v) is 12.4. The minimum atomic E-state index is 0.317. The summed E-state index contributed by atoms with van der Waals surface area (Å²) < 4.78 is 12.9. The Balaban J connectivity index is 1.45. The van der Waals surface area contributed by atoms with E-state index in [-0.39, 0.29) is 0 Å². The van der Waals surface area contributed by atoms with E-state index in [0.717, 1.165) is 35.2 Å². The Bertz CT molecular complexity index is 793. The number of imidazole rings is 1. The second-order valence-corrected chi connectivity index (χ2v) is 5.86. The molecule has 0 aliphatic carbocycles. The van der Waals surface area contributed by atoms with Gasteiger partial charge in [0.05, 0.1) is 11.4 Å². The summed E-state index contributed by atoms with van der Waals surface area (Å²) in [4.78, 5) is 5.60. The maximum absolute atomic E-state index is 5.39. The zero-order chi connectivity index (χ0) is 14.2. The van der Waals surface area contributed by atoms with Crippen LogP contribution in [0.25, 0.3) is 4.96 Å². The van der Waals surface area contributed by atoms with Crippen LogP contribution in [-0.2, 0) is 13.1 Å². The van der Waals surface area contributed by atoms with Gasteiger partial charge in [-0.2, -0.15) is 0 Å². The van der Waals surface area contributed by atoms with Gasteiger partial charge in [0.2, 0.25) is 6.79 Å². The van der Waals surface area contributed by atoms with Crippen LogP contribution in [0.5, 0.6) is 11.5 Å². The molecule has 5 nitrogen and oxygen atoms in total. The van der Waals surface area contributed by atoms with Gasteiger partial charge in [-0.25, -0.2) is 4.98 Å². The van der Waals surface area contributed by atoms with Crippen LogP contribution in [0.2, 0.25) is 0 Å². The maximum Gasteiger partial charge on any atom is 0.231 e. The highest BCUT2D eigenvalue weighted by Crippen LogP contribution is 2.32. The Morgan fingerprint density at radius 1 is 1.29 bits per heavy atom. The summed E-state index contributed by atoms with van der Waals surface area (Å²) in [5.74, 6) is 1.65. The maximum atomic E-state index is 5.39. The molecule has 4 rings (SSSR count). The summed E-state index contributed by atoms with van der Waals surface area (Å²) in [6, 6.07) is 6.04. The smallest absolute Gasteiger partial charge is 0.231 e. The monoisotopic (exact) mass is 301 g/mol. The standard InChI is InChI=1S/C15H15N3O2S/c1-10-12(18-4-5-21-15(18)17-10)8-16-7-11-2-3-13-14(6-11)20-9-19-13/h2-6,16H,7-9H2,1H3. The molecule has 3 heterocycles. The molecule has 1 aliphatic heterocycles. The second kappa shape index (κ2) is 5.05. The number of aryl methyl sites for hydroxylation is 1. The number of hydrogen-bond acceptors (Lipinski definition) is 5. The van der Waals surface area contributed by atoms with E-state index in [1.807, 2.05) is 12.1 Å². The third-order valence-corrected chi connectivity index (χ3v) is 4.38. The summed E-state index contributed by atoms with van der Waals surface area (Å²) >= 11 is 1.66. The predicted molar refractivity (Wildman–Crippen MR) is 80.9 cm³/mol. The van der Waals surface area contributed by atoms with Crippen molar-refractivity contribution >= 4 is 16.3 Å². The molecule has 0 bridgehead atoms. The lowest BCUT2D eigenvalue weighted by atomic mass is 10.2. The van der Waals surface area contributed by atoms with Crippen LogP contribution in [0.1, 0.15) is 17.0 Å². The van der Waals surface area contributed by atoms with Crippen LogP contribution in [0.15, 0.2) is 29.8 Å². The van der Waals surface area contributed by atoms with Crippen LogP contribution >= 0.6 is 11.3 Å². The Hall–Kier alpha value is -2.05. The van der Waals surface area contributed by atoms with Crippen molar-refractivity contribution in [2.45, 2.75) is 20.0 Å². The normalized spacial score (nSPS) is 13.2. The lowest BCUT2D eigenvalue weighted by Crippen LogP contribution is -2.14. The van der Waals surface area contributed by atoms with Crippen molar-refractivity contribution < 1.29 is 9.47 Å². The quantitative estimate of drug-likeness (QED) is 0.805. The largest absolute Gasteiger partial charge is 0.454 e. The van der Waals surface area contributed by atoms with Crippen molar-refractivity contribution in [3.63, 3.8) is 0 Å². The Morgan fingerprint density at radius 2 is 2.19 bits per heavy atom. The highest BCUT2D eigenvalue weighted by molar-refractivity contribution is 7.15. The predicted octanol–water partition coefficient (Wildman–Crippen LogP) is 2.72. The summed E-state index contributed by atoms with van der Waals surface area (Å²) in [5.41, 5.74) is 3.48. The van der Waals surface area contributed by atoms with Crippen LogP contribution in [0, 0.1) is 6.92 Å². The Kier molecular flexibility index (Phi) is 3.05. The molecular weight excluding hydrogens is 286 g/mol. The van der Waals surface area contributed by atoms with Gasteiger partial charge < -0.3 is 14.8 Å². The molecule has 1 N–H and O–H groups in total. The molecule has 2 aromatic heterocycles. The van der Waals surface area contributed by atoms with Crippen molar-refractivity contribution in [2.24, 2.45) is 0 Å². The fourth-order valence-electron chi connectivity index (χ4n) is 2.53. The van der Waals surface area contributed by atoms with Gasteiger partial charge in [-0.1, -0.05) is 6.07 Å². The van der Waals surface area contributed by atoms with Gasteiger partial charge >= 0.3 is 0 Å². The number of rotatable bonds is 4. The second-order valence-electron chi connectivity index (χ2n) is 4.99. The number of thiazole rings is 1. The zero-order valence-electron chi connectivity index (χ0n) is 11.6. The van der Waals surface area contributed by atoms with E-state index in [4.69, 9.17) is 9.47 Å². The summed E-state index contributed by atoms with van der Waals surface area (Å²) in [7, 11) is 0. The van der Waals surface area contributed by atoms with Crippen molar-refractivity contribution in [3.05, 3.63) is 46.7 Å². The minimum absolute atomic E-state index is 0.317. The highest BCUT2D eigenvalue weighted by Gasteiger charge is 2.13. The number of nitrogens with zero attached hydrogens (tertiary/aromatic N) is 2. The number of fused-ring (bicyclic) bond motifs is 2. The first-order chi connectivity index (χ1) is 10.3. The molecule has 0 amide bonds. The van der Waals surface area contributed by atoms with Gasteiger partial charge in [0.15, 0.2) is 16.5 Å². The fourth-order valence-corrected chi connectivity index (χ4v) is 3.31. The fraction of sp³-hybridized carbons (Fsp3) is 0.267. The van der Waals surface area contributed by atoms with E-state index >= 15 is 0 Å². The van der Waals surface area contributed by atoms with E-state index in [9.17, 15) is 0 Å². The molecule has 0 fully saturated rings. The first-order valence-corrected chi connectivity index (χ1v) is 7.69. The van der Waals surface area contributed by atoms with E-state index in [1.165, 1.54) is 11.3 Å². The number of benzene rings is 1. The van der Waals surface area contributed by atoms with Gasteiger partial charge in [0.25, 0.3) is 0 Å². The van der Waals surface area contributed by atoms with Gasteiger partial charge in [-0.3, -0.25) is 4.40 Å². The molecule has 0 atom stereocenters. The topological polar surface area (TPSA) is 47.8 Å². The van der Waals surface area contributed by atoms with Crippen molar-refractivity contribution in [3.8, 4) is 11.5 Å². The first kappa shape index (κ1) is 12.7. The van der Waals surface area contributed by atoms with E-state index in [2.05, 4.69) is 39.3 Å². The molecule has 3 aromatic rings. The molecule has 0 radical (unpaired) electrons. The van der Waals surface area contributed by atoms with Crippen molar-refractivity contribution in [2.75, 3.05) is 6.79 Å². The van der Waals surface area contributed by atoms with Crippen LogP contribution < -0.4 is 14.8 Å². The molecule has 0 unspecified atom stereocenters. The molecule has 6 heteroatoms. The Labute approximate surface area is 126 Å². The van der Waals surface area contributed by atoms with E-state index in [0.29, 0.717) is 6.79 Å².